The normalized spacial score (nSPS) is 18.0. The van der Waals surface area contributed by atoms with E-state index in [1.165, 1.54) is 12.1 Å². The van der Waals surface area contributed by atoms with Gasteiger partial charge in [-0.05, 0) is 36.6 Å². The highest BCUT2D eigenvalue weighted by atomic mass is 19.1. The Morgan fingerprint density at radius 2 is 2.29 bits per heavy atom. The van der Waals surface area contributed by atoms with Crippen molar-refractivity contribution in [3.05, 3.63) is 47.5 Å². The molecule has 0 bridgehead atoms. The lowest BCUT2D eigenvalue weighted by atomic mass is 10.0. The quantitative estimate of drug-likeness (QED) is 0.771. The second-order valence-electron chi connectivity index (χ2n) is 6.15. The molecular weight excluding hydrogens is 311 g/mol. The van der Waals surface area contributed by atoms with E-state index in [4.69, 9.17) is 4.52 Å². The van der Waals surface area contributed by atoms with Crippen LogP contribution in [0.25, 0.3) is 10.9 Å². The van der Waals surface area contributed by atoms with Crippen molar-refractivity contribution in [3.63, 3.8) is 0 Å². The molecule has 24 heavy (non-hydrogen) atoms. The lowest BCUT2D eigenvalue weighted by Crippen LogP contribution is -2.40. The largest absolute Gasteiger partial charge is 0.361 e. The van der Waals surface area contributed by atoms with Crippen LogP contribution in [-0.4, -0.2) is 27.1 Å². The van der Waals surface area contributed by atoms with Crippen LogP contribution < -0.4 is 5.32 Å². The predicted molar refractivity (Wildman–Crippen MR) is 84.8 cm³/mol. The minimum Gasteiger partial charge on any atom is -0.361 e. The maximum atomic E-state index is 13.4. The summed E-state index contributed by atoms with van der Waals surface area (Å²) in [6, 6.07) is 4.69. The van der Waals surface area contributed by atoms with E-state index in [0.29, 0.717) is 31.0 Å². The Morgan fingerprint density at radius 3 is 3.17 bits per heavy atom. The van der Waals surface area contributed by atoms with Crippen molar-refractivity contribution in [3.8, 4) is 0 Å². The minimum atomic E-state index is -0.273. The van der Waals surface area contributed by atoms with Crippen LogP contribution in [0.2, 0.25) is 0 Å². The van der Waals surface area contributed by atoms with E-state index in [0.717, 1.165) is 29.3 Å². The highest BCUT2D eigenvalue weighted by molar-refractivity contribution is 5.83. The summed E-state index contributed by atoms with van der Waals surface area (Å²) in [5.74, 6) is 0.873. The monoisotopic (exact) mass is 328 g/mol. The van der Waals surface area contributed by atoms with Crippen molar-refractivity contribution in [1.29, 1.82) is 0 Å². The van der Waals surface area contributed by atoms with Crippen molar-refractivity contribution in [2.45, 2.75) is 38.1 Å². The Bertz CT molecular complexity index is 886. The summed E-state index contributed by atoms with van der Waals surface area (Å²) in [4.78, 5) is 18.9. The fraction of sp³-hybridized carbons (Fsp3) is 0.353. The lowest BCUT2D eigenvalue weighted by Gasteiger charge is -2.21. The zero-order valence-electron chi connectivity index (χ0n) is 13.0. The molecule has 0 radical (unpaired) electrons. The number of H-pyrrole nitrogens is 1. The van der Waals surface area contributed by atoms with Crippen LogP contribution in [0.15, 0.2) is 28.9 Å². The third-order valence-electron chi connectivity index (χ3n) is 4.33. The van der Waals surface area contributed by atoms with Crippen LogP contribution in [0.5, 0.6) is 0 Å². The summed E-state index contributed by atoms with van der Waals surface area (Å²) in [5, 5.41) is 7.76. The molecule has 2 N–H and O–H groups in total. The van der Waals surface area contributed by atoms with Gasteiger partial charge in [0, 0.05) is 42.4 Å². The Morgan fingerprint density at radius 1 is 1.38 bits per heavy atom. The number of benzene rings is 1. The average Bonchev–Trinajstić information content (AvgIpc) is 3.15. The molecule has 1 unspecified atom stereocenters. The number of aromatic nitrogens is 3. The fourth-order valence-corrected chi connectivity index (χ4v) is 3.16. The number of hydrogen-bond acceptors (Lipinski definition) is 4. The lowest BCUT2D eigenvalue weighted by molar-refractivity contribution is -0.123. The number of fused-ring (bicyclic) bond motifs is 1. The van der Waals surface area contributed by atoms with Crippen molar-refractivity contribution < 1.29 is 13.7 Å². The molecule has 3 heterocycles. The predicted octanol–water partition coefficient (Wildman–Crippen LogP) is 2.49. The number of nitrogens with zero attached hydrogens (tertiary/aromatic N) is 2. The summed E-state index contributed by atoms with van der Waals surface area (Å²) in [6.45, 7) is 0. The van der Waals surface area contributed by atoms with E-state index in [2.05, 4.69) is 20.4 Å². The first-order valence-electron chi connectivity index (χ1n) is 8.04. The van der Waals surface area contributed by atoms with Gasteiger partial charge in [0.15, 0.2) is 5.82 Å². The maximum Gasteiger partial charge on any atom is 0.228 e. The van der Waals surface area contributed by atoms with E-state index >= 15 is 0 Å². The molecule has 6 nitrogen and oxygen atoms in total. The fourth-order valence-electron chi connectivity index (χ4n) is 3.16. The molecule has 0 saturated carbocycles. The van der Waals surface area contributed by atoms with Gasteiger partial charge in [-0.2, -0.15) is 4.98 Å². The Balaban J connectivity index is 1.48. The van der Waals surface area contributed by atoms with Gasteiger partial charge in [-0.15, -0.1) is 0 Å². The third-order valence-corrected chi connectivity index (χ3v) is 4.33. The molecule has 3 aromatic rings. The van der Waals surface area contributed by atoms with Crippen molar-refractivity contribution in [2.24, 2.45) is 0 Å². The Labute approximate surface area is 137 Å². The van der Waals surface area contributed by atoms with Gasteiger partial charge in [0.1, 0.15) is 5.82 Å². The van der Waals surface area contributed by atoms with Gasteiger partial charge in [0.2, 0.25) is 11.8 Å². The topological polar surface area (TPSA) is 83.8 Å². The van der Waals surface area contributed by atoms with E-state index < -0.39 is 0 Å². The summed E-state index contributed by atoms with van der Waals surface area (Å²) in [5.41, 5.74) is 1.79. The average molecular weight is 328 g/mol. The molecule has 1 aliphatic rings. The first kappa shape index (κ1) is 14.9. The first-order chi connectivity index (χ1) is 11.7. The third kappa shape index (κ3) is 3.02. The van der Waals surface area contributed by atoms with Gasteiger partial charge in [-0.1, -0.05) is 5.16 Å². The summed E-state index contributed by atoms with van der Waals surface area (Å²) in [7, 11) is 0. The molecule has 4 rings (SSSR count). The molecule has 0 spiro atoms. The number of halogens is 1. The SMILES string of the molecule is O=C1CCCC(Cc2nc(Cc3c[nH]c4ccc(F)cc34)no2)N1. The molecule has 1 aliphatic heterocycles. The standard InChI is InChI=1S/C17H17FN4O2/c18-11-4-5-14-13(7-11)10(9-19-14)6-15-21-17(24-22-15)8-12-2-1-3-16(23)20-12/h4-5,7,9,12,19H,1-3,6,8H2,(H,20,23). The van der Waals surface area contributed by atoms with Crippen LogP contribution in [-0.2, 0) is 17.6 Å². The molecule has 1 aromatic carbocycles. The molecule has 124 valence electrons. The number of hydrogen-bond donors (Lipinski definition) is 2. The van der Waals surface area contributed by atoms with E-state index in [9.17, 15) is 9.18 Å². The van der Waals surface area contributed by atoms with Crippen LogP contribution in [0.4, 0.5) is 4.39 Å². The van der Waals surface area contributed by atoms with Crippen LogP contribution in [0.1, 0.15) is 36.5 Å². The van der Waals surface area contributed by atoms with E-state index in [-0.39, 0.29) is 17.8 Å². The highest BCUT2D eigenvalue weighted by Gasteiger charge is 2.21. The molecule has 7 heteroatoms. The number of aromatic amines is 1. The van der Waals surface area contributed by atoms with E-state index in [1.807, 2.05) is 6.20 Å². The Kier molecular flexibility index (Phi) is 3.76. The van der Waals surface area contributed by atoms with Gasteiger partial charge in [0.05, 0.1) is 0 Å². The second kappa shape index (κ2) is 6.07. The first-order valence-corrected chi connectivity index (χ1v) is 8.04. The second-order valence-corrected chi connectivity index (χ2v) is 6.15. The van der Waals surface area contributed by atoms with Crippen LogP contribution >= 0.6 is 0 Å². The van der Waals surface area contributed by atoms with Crippen LogP contribution in [0.3, 0.4) is 0 Å². The number of rotatable bonds is 4. The smallest absolute Gasteiger partial charge is 0.228 e. The zero-order chi connectivity index (χ0) is 16.5. The number of carbonyl (C=O) groups excluding carboxylic acids is 1. The van der Waals surface area contributed by atoms with Gasteiger partial charge < -0.3 is 14.8 Å². The van der Waals surface area contributed by atoms with Crippen molar-refractivity contribution >= 4 is 16.8 Å². The molecule has 0 aliphatic carbocycles. The molecule has 2 aromatic heterocycles. The number of nitrogens with one attached hydrogen (secondary N) is 2. The van der Waals surface area contributed by atoms with Gasteiger partial charge in [-0.3, -0.25) is 4.79 Å². The van der Waals surface area contributed by atoms with Gasteiger partial charge in [0.25, 0.3) is 0 Å². The van der Waals surface area contributed by atoms with Crippen molar-refractivity contribution in [2.75, 3.05) is 0 Å². The maximum absolute atomic E-state index is 13.4. The molecule has 1 amide bonds. The summed E-state index contributed by atoms with van der Waals surface area (Å²) in [6.07, 6.45) is 5.24. The summed E-state index contributed by atoms with van der Waals surface area (Å²) >= 11 is 0. The van der Waals surface area contributed by atoms with Crippen LogP contribution in [0, 0.1) is 5.82 Å². The minimum absolute atomic E-state index is 0.0572. The number of carbonyl (C=O) groups is 1. The van der Waals surface area contributed by atoms with Crippen molar-refractivity contribution in [1.82, 2.24) is 20.4 Å². The zero-order valence-corrected chi connectivity index (χ0v) is 13.0. The van der Waals surface area contributed by atoms with Gasteiger partial charge in [-0.25, -0.2) is 4.39 Å². The number of piperidine rings is 1. The highest BCUT2D eigenvalue weighted by Crippen LogP contribution is 2.21. The van der Waals surface area contributed by atoms with Gasteiger partial charge >= 0.3 is 0 Å². The van der Waals surface area contributed by atoms with E-state index in [1.54, 1.807) is 6.07 Å². The molecular formula is C17H17FN4O2. The Hall–Kier alpha value is -2.70. The molecule has 1 saturated heterocycles. The molecule has 1 atom stereocenters. The number of amides is 1. The molecule has 1 fully saturated rings. The summed E-state index contributed by atoms with van der Waals surface area (Å²) < 4.78 is 18.7.